The van der Waals surface area contributed by atoms with Crippen molar-refractivity contribution in [3.8, 4) is 11.5 Å². The van der Waals surface area contributed by atoms with Gasteiger partial charge in [0, 0.05) is 5.56 Å². The minimum Gasteiger partial charge on any atom is -0.486 e. The van der Waals surface area contributed by atoms with Gasteiger partial charge in [-0.05, 0) is 54.8 Å². The lowest BCUT2D eigenvalue weighted by molar-refractivity contribution is -0.392. The largest absolute Gasteiger partial charge is 0.486 e. The molecule has 0 bridgehead atoms. The van der Waals surface area contributed by atoms with Crippen LogP contribution in [0.1, 0.15) is 36.8 Å². The second kappa shape index (κ2) is 10.7. The van der Waals surface area contributed by atoms with Crippen molar-refractivity contribution < 1.29 is 53.4 Å². The molecule has 1 aliphatic heterocycles. The van der Waals surface area contributed by atoms with Gasteiger partial charge in [0.1, 0.15) is 17.2 Å². The Kier molecular flexibility index (Phi) is 7.71. The third kappa shape index (κ3) is 5.00. The molecular formula is C29H25F7O5S. The molecule has 0 N–H and O–H groups in total. The van der Waals surface area contributed by atoms with Crippen molar-refractivity contribution in [3.63, 3.8) is 0 Å². The van der Waals surface area contributed by atoms with E-state index in [4.69, 9.17) is 14.2 Å². The van der Waals surface area contributed by atoms with Crippen molar-refractivity contribution in [2.75, 3.05) is 13.2 Å². The number of halogens is 7. The number of hydrogen-bond acceptors (Lipinski definition) is 5. The standard InChI is InChI=1S/C29H25F7O5S/c30-21-11-13-23(14-12-21)42(37,38)26(15-3-4-16-26)19-7-9-20(10-8-19)27(28(31,32)33,29(34,35)36)40-18-22-17-39-24-5-1-2-6-25(24)41-22/h1-2,5-14,22H,3-4,15-18H2. The summed E-state index contributed by atoms with van der Waals surface area (Å²) >= 11 is 0. The average Bonchev–Trinajstić information content (AvgIpc) is 3.44. The third-order valence-corrected chi connectivity index (χ3v) is 10.3. The average molecular weight is 619 g/mol. The molecule has 1 fully saturated rings. The molecule has 0 aromatic heterocycles. The van der Waals surface area contributed by atoms with Gasteiger partial charge in [-0.3, -0.25) is 0 Å². The monoisotopic (exact) mass is 618 g/mol. The highest BCUT2D eigenvalue weighted by Crippen LogP contribution is 2.54. The zero-order valence-electron chi connectivity index (χ0n) is 21.8. The maximum absolute atomic E-state index is 14.4. The first-order valence-electron chi connectivity index (χ1n) is 13.0. The molecule has 1 unspecified atom stereocenters. The Morgan fingerprint density at radius 2 is 1.38 bits per heavy atom. The van der Waals surface area contributed by atoms with Crippen LogP contribution in [0.2, 0.25) is 0 Å². The summed E-state index contributed by atoms with van der Waals surface area (Å²) in [6, 6.07) is 13.4. The summed E-state index contributed by atoms with van der Waals surface area (Å²) < 4.78 is 141. The van der Waals surface area contributed by atoms with Crippen molar-refractivity contribution >= 4 is 9.84 Å². The first-order valence-corrected chi connectivity index (χ1v) is 14.5. The van der Waals surface area contributed by atoms with E-state index in [2.05, 4.69) is 0 Å². The Hall–Kier alpha value is -3.32. The molecule has 226 valence electrons. The predicted octanol–water partition coefficient (Wildman–Crippen LogP) is 7.25. The fourth-order valence-electron chi connectivity index (χ4n) is 5.60. The summed E-state index contributed by atoms with van der Waals surface area (Å²) in [7, 11) is -4.20. The minimum absolute atomic E-state index is 0.0342. The number of benzene rings is 3. The highest BCUT2D eigenvalue weighted by Gasteiger charge is 2.73. The van der Waals surface area contributed by atoms with Crippen LogP contribution in [-0.4, -0.2) is 40.1 Å². The van der Waals surface area contributed by atoms with Crippen molar-refractivity contribution in [1.29, 1.82) is 0 Å². The molecule has 1 aliphatic carbocycles. The van der Waals surface area contributed by atoms with Gasteiger partial charge < -0.3 is 14.2 Å². The summed E-state index contributed by atoms with van der Waals surface area (Å²) in [5, 5.41) is 0. The van der Waals surface area contributed by atoms with E-state index in [1.165, 1.54) is 12.1 Å². The number of fused-ring (bicyclic) bond motifs is 1. The Balaban J connectivity index is 1.51. The molecule has 1 saturated carbocycles. The van der Waals surface area contributed by atoms with Crippen LogP contribution in [-0.2, 0) is 24.9 Å². The molecule has 0 amide bonds. The topological polar surface area (TPSA) is 61.8 Å². The molecule has 0 saturated heterocycles. The summed E-state index contributed by atoms with van der Waals surface area (Å²) in [5.41, 5.74) is -5.97. The molecular weight excluding hydrogens is 593 g/mol. The Morgan fingerprint density at radius 1 is 0.810 bits per heavy atom. The van der Waals surface area contributed by atoms with Crippen LogP contribution in [0, 0.1) is 5.82 Å². The summed E-state index contributed by atoms with van der Waals surface area (Å²) in [5.74, 6) is -0.224. The van der Waals surface area contributed by atoms with Gasteiger partial charge >= 0.3 is 12.4 Å². The predicted molar refractivity (Wildman–Crippen MR) is 136 cm³/mol. The smallest absolute Gasteiger partial charge is 0.430 e. The number of rotatable bonds is 7. The van der Waals surface area contributed by atoms with Crippen molar-refractivity contribution in [1.82, 2.24) is 0 Å². The number of ether oxygens (including phenoxy) is 3. The van der Waals surface area contributed by atoms with Crippen molar-refractivity contribution in [2.45, 2.75) is 59.4 Å². The lowest BCUT2D eigenvalue weighted by atomic mass is 9.88. The zero-order valence-corrected chi connectivity index (χ0v) is 22.7. The quantitative estimate of drug-likeness (QED) is 0.206. The van der Waals surface area contributed by atoms with Gasteiger partial charge in [-0.15, -0.1) is 0 Å². The third-order valence-electron chi connectivity index (χ3n) is 7.72. The number of hydrogen-bond donors (Lipinski definition) is 0. The zero-order chi connectivity index (χ0) is 30.4. The normalized spacial score (nSPS) is 19.1. The van der Waals surface area contributed by atoms with Crippen LogP contribution in [0.5, 0.6) is 11.5 Å². The van der Waals surface area contributed by atoms with E-state index >= 15 is 0 Å². The second-order valence-electron chi connectivity index (χ2n) is 10.2. The fourth-order valence-corrected chi connectivity index (χ4v) is 7.82. The fraction of sp³-hybridized carbons (Fsp3) is 0.379. The van der Waals surface area contributed by atoms with Gasteiger partial charge in [0.15, 0.2) is 27.4 Å². The highest BCUT2D eigenvalue weighted by molar-refractivity contribution is 7.92. The Bertz CT molecular complexity index is 1500. The van der Waals surface area contributed by atoms with Crippen LogP contribution >= 0.6 is 0 Å². The number of alkyl halides is 6. The van der Waals surface area contributed by atoms with E-state index in [0.717, 1.165) is 36.4 Å². The molecule has 3 aromatic carbocycles. The SMILES string of the molecule is O=S(=O)(c1ccc(F)cc1)C1(c2ccc(C(OCC3COc4ccccc4O3)(C(F)(F)F)C(F)(F)F)cc2)CCCC1. The van der Waals surface area contributed by atoms with E-state index < -0.39 is 56.6 Å². The van der Waals surface area contributed by atoms with Crippen molar-refractivity contribution in [3.05, 3.63) is 89.7 Å². The molecule has 5 nitrogen and oxygen atoms in total. The maximum Gasteiger partial charge on any atom is 0.430 e. The lowest BCUT2D eigenvalue weighted by Gasteiger charge is -2.39. The van der Waals surface area contributed by atoms with Crippen LogP contribution in [0.4, 0.5) is 30.7 Å². The number of sulfone groups is 1. The van der Waals surface area contributed by atoms with Gasteiger partial charge in [0.05, 0.1) is 11.5 Å². The lowest BCUT2D eigenvalue weighted by Crippen LogP contribution is -2.57. The van der Waals surface area contributed by atoms with Gasteiger partial charge in [-0.2, -0.15) is 26.3 Å². The van der Waals surface area contributed by atoms with E-state index in [0.29, 0.717) is 30.7 Å². The van der Waals surface area contributed by atoms with E-state index in [9.17, 15) is 39.2 Å². The van der Waals surface area contributed by atoms with E-state index in [1.54, 1.807) is 12.1 Å². The van der Waals surface area contributed by atoms with E-state index in [-0.39, 0.29) is 35.7 Å². The number of para-hydroxylation sites is 2. The van der Waals surface area contributed by atoms with Gasteiger partial charge in [0.2, 0.25) is 0 Å². The molecule has 13 heteroatoms. The molecule has 1 atom stereocenters. The van der Waals surface area contributed by atoms with Crippen LogP contribution < -0.4 is 9.47 Å². The van der Waals surface area contributed by atoms with Crippen LogP contribution in [0.3, 0.4) is 0 Å². The van der Waals surface area contributed by atoms with E-state index in [1.807, 2.05) is 0 Å². The summed E-state index contributed by atoms with van der Waals surface area (Å²) in [4.78, 5) is -0.200. The Morgan fingerprint density at radius 3 is 1.95 bits per heavy atom. The minimum atomic E-state index is -5.95. The van der Waals surface area contributed by atoms with Gasteiger partial charge in [0.25, 0.3) is 5.60 Å². The second-order valence-corrected chi connectivity index (χ2v) is 12.5. The molecule has 1 heterocycles. The summed E-state index contributed by atoms with van der Waals surface area (Å²) in [6.07, 6.45) is -12.1. The molecule has 0 spiro atoms. The molecule has 3 aromatic rings. The Labute approximate surface area is 237 Å². The maximum atomic E-state index is 14.4. The van der Waals surface area contributed by atoms with Gasteiger partial charge in [-0.25, -0.2) is 12.8 Å². The van der Waals surface area contributed by atoms with Crippen LogP contribution in [0.15, 0.2) is 77.7 Å². The first kappa shape index (κ1) is 30.1. The first-order chi connectivity index (χ1) is 19.7. The molecule has 0 radical (unpaired) electrons. The highest BCUT2D eigenvalue weighted by atomic mass is 32.2. The van der Waals surface area contributed by atoms with Crippen LogP contribution in [0.25, 0.3) is 0 Å². The molecule has 5 rings (SSSR count). The molecule has 42 heavy (non-hydrogen) atoms. The van der Waals surface area contributed by atoms with Gasteiger partial charge in [-0.1, -0.05) is 49.2 Å². The summed E-state index contributed by atoms with van der Waals surface area (Å²) in [6.45, 7) is -1.45. The molecule has 2 aliphatic rings. The van der Waals surface area contributed by atoms with Crippen molar-refractivity contribution in [2.24, 2.45) is 0 Å².